The van der Waals surface area contributed by atoms with Gasteiger partial charge in [-0.15, -0.1) is 0 Å². The van der Waals surface area contributed by atoms with Crippen molar-refractivity contribution in [2.24, 2.45) is 7.05 Å². The number of piperazine rings is 1. The van der Waals surface area contributed by atoms with E-state index in [0.29, 0.717) is 0 Å². The molecule has 0 amide bonds. The van der Waals surface area contributed by atoms with Gasteiger partial charge in [-0.25, -0.2) is 0 Å². The van der Waals surface area contributed by atoms with Crippen LogP contribution in [0.1, 0.15) is 5.69 Å². The molecule has 1 aromatic rings. The third-order valence-electron chi connectivity index (χ3n) is 2.45. The highest BCUT2D eigenvalue weighted by molar-refractivity contribution is 5.49. The molecular formula is C9H16N4. The molecule has 4 heteroatoms. The molecule has 1 N–H and O–H groups in total. The highest BCUT2D eigenvalue weighted by Gasteiger charge is 2.14. The number of rotatable bonds is 1. The van der Waals surface area contributed by atoms with E-state index >= 15 is 0 Å². The van der Waals surface area contributed by atoms with Crippen LogP contribution in [0.25, 0.3) is 0 Å². The summed E-state index contributed by atoms with van der Waals surface area (Å²) < 4.78 is 1.88. The second-order valence-corrected chi connectivity index (χ2v) is 3.51. The van der Waals surface area contributed by atoms with Crippen LogP contribution in [-0.2, 0) is 7.05 Å². The van der Waals surface area contributed by atoms with Crippen molar-refractivity contribution < 1.29 is 0 Å². The Kier molecular flexibility index (Phi) is 2.22. The maximum Gasteiger partial charge on any atom is 0.0827 e. The number of anilines is 1. The van der Waals surface area contributed by atoms with E-state index in [2.05, 4.69) is 28.4 Å². The molecule has 13 heavy (non-hydrogen) atoms. The number of aryl methyl sites for hydroxylation is 2. The van der Waals surface area contributed by atoms with Crippen molar-refractivity contribution in [2.75, 3.05) is 31.1 Å². The monoisotopic (exact) mass is 180 g/mol. The molecule has 0 radical (unpaired) electrons. The minimum atomic E-state index is 1.08. The molecule has 1 fully saturated rings. The van der Waals surface area contributed by atoms with Crippen molar-refractivity contribution >= 4 is 5.69 Å². The smallest absolute Gasteiger partial charge is 0.0827 e. The van der Waals surface area contributed by atoms with Gasteiger partial charge in [0.15, 0.2) is 0 Å². The Morgan fingerprint density at radius 3 is 2.62 bits per heavy atom. The van der Waals surface area contributed by atoms with Crippen molar-refractivity contribution in [3.8, 4) is 0 Å². The number of nitrogens with one attached hydrogen (secondary N) is 1. The quantitative estimate of drug-likeness (QED) is 0.667. The summed E-state index contributed by atoms with van der Waals surface area (Å²) in [4.78, 5) is 2.39. The van der Waals surface area contributed by atoms with Crippen LogP contribution in [0.4, 0.5) is 5.69 Å². The largest absolute Gasteiger partial charge is 0.366 e. The minimum Gasteiger partial charge on any atom is -0.366 e. The maximum absolute atomic E-state index is 4.34. The average Bonchev–Trinajstić information content (AvgIpc) is 2.47. The van der Waals surface area contributed by atoms with E-state index < -0.39 is 0 Å². The summed E-state index contributed by atoms with van der Waals surface area (Å²) >= 11 is 0. The van der Waals surface area contributed by atoms with E-state index in [1.807, 2.05) is 11.7 Å². The highest BCUT2D eigenvalue weighted by Crippen LogP contribution is 2.17. The standard InChI is InChI=1S/C9H16N4/c1-8-9(7-12(2)11-8)13-5-3-10-4-6-13/h7,10H,3-6H2,1-2H3. The van der Waals surface area contributed by atoms with Crippen LogP contribution in [-0.4, -0.2) is 36.0 Å². The molecule has 0 bridgehead atoms. The van der Waals surface area contributed by atoms with Crippen LogP contribution in [0.3, 0.4) is 0 Å². The second-order valence-electron chi connectivity index (χ2n) is 3.51. The first-order chi connectivity index (χ1) is 6.27. The van der Waals surface area contributed by atoms with Crippen LogP contribution >= 0.6 is 0 Å². The summed E-state index contributed by atoms with van der Waals surface area (Å²) in [5.74, 6) is 0. The zero-order chi connectivity index (χ0) is 9.26. The Hall–Kier alpha value is -1.03. The molecule has 2 rings (SSSR count). The normalized spacial score (nSPS) is 17.8. The van der Waals surface area contributed by atoms with E-state index in [0.717, 1.165) is 31.9 Å². The van der Waals surface area contributed by atoms with E-state index in [9.17, 15) is 0 Å². The van der Waals surface area contributed by atoms with Crippen LogP contribution in [0.15, 0.2) is 6.20 Å². The van der Waals surface area contributed by atoms with E-state index in [1.54, 1.807) is 0 Å². The van der Waals surface area contributed by atoms with Crippen LogP contribution in [0.5, 0.6) is 0 Å². The lowest BCUT2D eigenvalue weighted by molar-refractivity contribution is 0.588. The highest BCUT2D eigenvalue weighted by atomic mass is 15.3. The predicted molar refractivity (Wildman–Crippen MR) is 53.0 cm³/mol. The zero-order valence-corrected chi connectivity index (χ0v) is 8.25. The summed E-state index contributed by atoms with van der Waals surface area (Å²) in [6.07, 6.45) is 2.10. The third-order valence-corrected chi connectivity index (χ3v) is 2.45. The number of aromatic nitrogens is 2. The number of hydrogen-bond acceptors (Lipinski definition) is 3. The first-order valence-electron chi connectivity index (χ1n) is 4.73. The topological polar surface area (TPSA) is 33.1 Å². The molecular weight excluding hydrogens is 164 g/mol. The Morgan fingerprint density at radius 2 is 2.08 bits per heavy atom. The molecule has 0 spiro atoms. The van der Waals surface area contributed by atoms with Gasteiger partial charge in [-0.3, -0.25) is 4.68 Å². The van der Waals surface area contributed by atoms with Gasteiger partial charge in [0.25, 0.3) is 0 Å². The Labute approximate surface area is 78.5 Å². The molecule has 0 unspecified atom stereocenters. The fraction of sp³-hybridized carbons (Fsp3) is 0.667. The Balaban J connectivity index is 2.18. The fourth-order valence-electron chi connectivity index (χ4n) is 1.80. The second kappa shape index (κ2) is 3.38. The SMILES string of the molecule is Cc1nn(C)cc1N1CCNCC1. The molecule has 1 aliphatic heterocycles. The third kappa shape index (κ3) is 1.67. The van der Waals surface area contributed by atoms with Gasteiger partial charge in [0.1, 0.15) is 0 Å². The summed E-state index contributed by atoms with van der Waals surface area (Å²) in [7, 11) is 1.97. The summed E-state index contributed by atoms with van der Waals surface area (Å²) in [6.45, 7) is 6.40. The van der Waals surface area contributed by atoms with Gasteiger partial charge < -0.3 is 10.2 Å². The van der Waals surface area contributed by atoms with Crippen molar-refractivity contribution in [1.82, 2.24) is 15.1 Å². The summed E-state index contributed by atoms with van der Waals surface area (Å²) in [5, 5.41) is 7.68. The molecule has 72 valence electrons. The lowest BCUT2D eigenvalue weighted by atomic mass is 10.3. The predicted octanol–water partition coefficient (Wildman–Crippen LogP) is 0.138. The van der Waals surface area contributed by atoms with Crippen molar-refractivity contribution in [3.05, 3.63) is 11.9 Å². The van der Waals surface area contributed by atoms with Crippen LogP contribution < -0.4 is 10.2 Å². The molecule has 4 nitrogen and oxygen atoms in total. The molecule has 0 aliphatic carbocycles. The van der Waals surface area contributed by atoms with Gasteiger partial charge in [0.2, 0.25) is 0 Å². The molecule has 2 heterocycles. The van der Waals surface area contributed by atoms with Gasteiger partial charge in [0, 0.05) is 39.4 Å². The Morgan fingerprint density at radius 1 is 1.38 bits per heavy atom. The van der Waals surface area contributed by atoms with Gasteiger partial charge >= 0.3 is 0 Å². The summed E-state index contributed by atoms with van der Waals surface area (Å²) in [5.41, 5.74) is 2.41. The van der Waals surface area contributed by atoms with Crippen LogP contribution in [0.2, 0.25) is 0 Å². The lowest BCUT2D eigenvalue weighted by Gasteiger charge is -2.28. The first kappa shape index (κ1) is 8.56. The number of hydrogen-bond donors (Lipinski definition) is 1. The maximum atomic E-state index is 4.34. The van der Waals surface area contributed by atoms with Crippen molar-refractivity contribution in [1.29, 1.82) is 0 Å². The fourth-order valence-corrected chi connectivity index (χ4v) is 1.80. The summed E-state index contributed by atoms with van der Waals surface area (Å²) in [6, 6.07) is 0. The lowest BCUT2D eigenvalue weighted by Crippen LogP contribution is -2.43. The van der Waals surface area contributed by atoms with Gasteiger partial charge in [0.05, 0.1) is 11.4 Å². The van der Waals surface area contributed by atoms with Crippen LogP contribution in [0, 0.1) is 6.92 Å². The molecule has 1 aliphatic rings. The molecule has 1 saturated heterocycles. The van der Waals surface area contributed by atoms with E-state index in [4.69, 9.17) is 0 Å². The van der Waals surface area contributed by atoms with Gasteiger partial charge in [-0.2, -0.15) is 5.10 Å². The molecule has 0 atom stereocenters. The molecule has 1 aromatic heterocycles. The van der Waals surface area contributed by atoms with Crippen molar-refractivity contribution in [3.63, 3.8) is 0 Å². The minimum absolute atomic E-state index is 1.08. The van der Waals surface area contributed by atoms with Crippen molar-refractivity contribution in [2.45, 2.75) is 6.92 Å². The Bertz CT molecular complexity index is 286. The molecule has 0 aromatic carbocycles. The zero-order valence-electron chi connectivity index (χ0n) is 8.25. The van der Waals surface area contributed by atoms with E-state index in [1.165, 1.54) is 5.69 Å². The van der Waals surface area contributed by atoms with E-state index in [-0.39, 0.29) is 0 Å². The van der Waals surface area contributed by atoms with Gasteiger partial charge in [-0.05, 0) is 6.92 Å². The average molecular weight is 180 g/mol. The van der Waals surface area contributed by atoms with Gasteiger partial charge in [-0.1, -0.05) is 0 Å². The first-order valence-corrected chi connectivity index (χ1v) is 4.73. The molecule has 0 saturated carbocycles. The number of nitrogens with zero attached hydrogens (tertiary/aromatic N) is 3.